The quantitative estimate of drug-likeness (QED) is 0.450. The third kappa shape index (κ3) is 3.78. The number of nitrogens with one attached hydrogen (secondary N) is 1. The van der Waals surface area contributed by atoms with Crippen LogP contribution in [0.5, 0.6) is 0 Å². The van der Waals surface area contributed by atoms with Gasteiger partial charge < -0.3 is 4.57 Å². The van der Waals surface area contributed by atoms with E-state index >= 15 is 0 Å². The Kier molecular flexibility index (Phi) is 5.79. The molecule has 152 valence electrons. The van der Waals surface area contributed by atoms with Crippen LogP contribution in [0.2, 0.25) is 0 Å². The van der Waals surface area contributed by atoms with E-state index < -0.39 is 0 Å². The summed E-state index contributed by atoms with van der Waals surface area (Å²) in [5.41, 5.74) is 5.77. The van der Waals surface area contributed by atoms with Crippen molar-refractivity contribution in [2.24, 2.45) is 0 Å². The van der Waals surface area contributed by atoms with E-state index in [0.29, 0.717) is 18.1 Å². The first-order valence-corrected chi connectivity index (χ1v) is 10.2. The fraction of sp³-hybridized carbons (Fsp3) is 0.261. The predicted molar refractivity (Wildman–Crippen MR) is 115 cm³/mol. The lowest BCUT2D eigenvalue weighted by molar-refractivity contribution is 0.111. The Morgan fingerprint density at radius 1 is 1.03 bits per heavy atom. The van der Waals surface area contributed by atoms with Gasteiger partial charge in [0.05, 0.1) is 5.69 Å². The summed E-state index contributed by atoms with van der Waals surface area (Å²) in [6.07, 6.45) is 3.53. The number of imidazole rings is 1. The van der Waals surface area contributed by atoms with Crippen LogP contribution < -0.4 is 0 Å². The van der Waals surface area contributed by atoms with Gasteiger partial charge in [-0.25, -0.2) is 10.1 Å². The minimum Gasteiger partial charge on any atom is -0.321 e. The maximum absolute atomic E-state index is 11.7. The maximum Gasteiger partial charge on any atom is 0.180 e. The highest BCUT2D eigenvalue weighted by atomic mass is 16.1. The van der Waals surface area contributed by atoms with Crippen molar-refractivity contribution in [1.29, 1.82) is 0 Å². The van der Waals surface area contributed by atoms with Crippen LogP contribution in [-0.4, -0.2) is 36.5 Å². The molecular formula is C23H24N6O. The standard InChI is InChI=1S/C23H24N6O/c1-3-7-22-24-20(4-2)21(15-30)29(22)14-16-10-12-17(13-11-16)18-8-5-6-9-19(18)23-25-27-28-26-23/h5-6,8-13,15H,3-4,7,14H2,1-2H3,(H,25,26,27,28). The average molecular weight is 400 g/mol. The second-order valence-electron chi connectivity index (χ2n) is 7.16. The van der Waals surface area contributed by atoms with Crippen LogP contribution in [-0.2, 0) is 19.4 Å². The number of carbonyl (C=O) groups excluding carboxylic acids is 1. The van der Waals surface area contributed by atoms with E-state index in [9.17, 15) is 4.79 Å². The van der Waals surface area contributed by atoms with Crippen molar-refractivity contribution in [2.75, 3.05) is 0 Å². The van der Waals surface area contributed by atoms with Crippen LogP contribution in [0, 0.1) is 0 Å². The summed E-state index contributed by atoms with van der Waals surface area (Å²) in [6.45, 7) is 4.79. The number of tetrazole rings is 1. The highest BCUT2D eigenvalue weighted by Gasteiger charge is 2.16. The fourth-order valence-corrected chi connectivity index (χ4v) is 3.74. The van der Waals surface area contributed by atoms with Gasteiger partial charge >= 0.3 is 0 Å². The van der Waals surface area contributed by atoms with E-state index in [2.05, 4.69) is 62.4 Å². The summed E-state index contributed by atoms with van der Waals surface area (Å²) < 4.78 is 2.05. The summed E-state index contributed by atoms with van der Waals surface area (Å²) in [5.74, 6) is 1.61. The summed E-state index contributed by atoms with van der Waals surface area (Å²) >= 11 is 0. The molecule has 2 aromatic carbocycles. The van der Waals surface area contributed by atoms with Gasteiger partial charge in [0.25, 0.3) is 0 Å². The lowest BCUT2D eigenvalue weighted by atomic mass is 9.98. The molecule has 7 heteroatoms. The van der Waals surface area contributed by atoms with Crippen LogP contribution in [0.1, 0.15) is 47.8 Å². The van der Waals surface area contributed by atoms with Gasteiger partial charge in [0, 0.05) is 18.5 Å². The number of hydrogen-bond donors (Lipinski definition) is 1. The number of aromatic nitrogens is 6. The molecule has 0 unspecified atom stereocenters. The number of aryl methyl sites for hydroxylation is 2. The molecule has 7 nitrogen and oxygen atoms in total. The highest BCUT2D eigenvalue weighted by Crippen LogP contribution is 2.30. The van der Waals surface area contributed by atoms with Gasteiger partial charge in [-0.1, -0.05) is 62.4 Å². The summed E-state index contributed by atoms with van der Waals surface area (Å²) in [5, 5.41) is 14.2. The van der Waals surface area contributed by atoms with Gasteiger partial charge in [0.2, 0.25) is 0 Å². The molecule has 0 aliphatic heterocycles. The Labute approximate surface area is 175 Å². The smallest absolute Gasteiger partial charge is 0.180 e. The van der Waals surface area contributed by atoms with Gasteiger partial charge in [0.1, 0.15) is 11.5 Å². The van der Waals surface area contributed by atoms with Gasteiger partial charge in [0.15, 0.2) is 12.1 Å². The van der Waals surface area contributed by atoms with Gasteiger partial charge in [-0.3, -0.25) is 4.79 Å². The van der Waals surface area contributed by atoms with Crippen molar-refractivity contribution in [3.63, 3.8) is 0 Å². The third-order valence-electron chi connectivity index (χ3n) is 5.22. The van der Waals surface area contributed by atoms with E-state index in [1.807, 2.05) is 25.1 Å². The summed E-state index contributed by atoms with van der Waals surface area (Å²) in [6, 6.07) is 16.4. The molecule has 0 atom stereocenters. The molecule has 0 amide bonds. The van der Waals surface area contributed by atoms with Crippen LogP contribution in [0.25, 0.3) is 22.5 Å². The number of nitrogens with zero attached hydrogens (tertiary/aromatic N) is 5. The van der Waals surface area contributed by atoms with Crippen molar-refractivity contribution in [3.8, 4) is 22.5 Å². The van der Waals surface area contributed by atoms with E-state index in [1.165, 1.54) is 0 Å². The molecule has 2 heterocycles. The van der Waals surface area contributed by atoms with E-state index in [1.54, 1.807) is 0 Å². The minimum atomic E-state index is 0.629. The summed E-state index contributed by atoms with van der Waals surface area (Å²) in [7, 11) is 0. The monoisotopic (exact) mass is 400 g/mol. The number of aldehydes is 1. The largest absolute Gasteiger partial charge is 0.321 e. The molecule has 0 aliphatic rings. The Hall–Kier alpha value is -3.61. The molecule has 0 radical (unpaired) electrons. The average Bonchev–Trinajstić information content (AvgIpc) is 3.43. The van der Waals surface area contributed by atoms with E-state index in [0.717, 1.165) is 59.3 Å². The molecular weight excluding hydrogens is 376 g/mol. The third-order valence-corrected chi connectivity index (χ3v) is 5.22. The topological polar surface area (TPSA) is 89.3 Å². The summed E-state index contributed by atoms with van der Waals surface area (Å²) in [4.78, 5) is 16.4. The van der Waals surface area contributed by atoms with Crippen LogP contribution >= 0.6 is 0 Å². The molecule has 4 aromatic rings. The van der Waals surface area contributed by atoms with E-state index in [4.69, 9.17) is 4.98 Å². The number of aromatic amines is 1. The molecule has 1 N–H and O–H groups in total. The number of H-pyrrole nitrogens is 1. The van der Waals surface area contributed by atoms with Gasteiger partial charge in [-0.05, 0) is 40.0 Å². The van der Waals surface area contributed by atoms with Gasteiger partial charge in [-0.2, -0.15) is 0 Å². The second kappa shape index (κ2) is 8.82. The van der Waals surface area contributed by atoms with Gasteiger partial charge in [-0.15, -0.1) is 5.10 Å². The molecule has 0 fully saturated rings. The lowest BCUT2D eigenvalue weighted by Crippen LogP contribution is -2.09. The Morgan fingerprint density at radius 3 is 2.43 bits per heavy atom. The first-order chi connectivity index (χ1) is 14.7. The van der Waals surface area contributed by atoms with Crippen molar-refractivity contribution in [1.82, 2.24) is 30.2 Å². The Balaban J connectivity index is 1.65. The van der Waals surface area contributed by atoms with Crippen LogP contribution in [0.3, 0.4) is 0 Å². The molecule has 4 rings (SSSR count). The zero-order valence-corrected chi connectivity index (χ0v) is 17.2. The highest BCUT2D eigenvalue weighted by molar-refractivity contribution is 5.80. The van der Waals surface area contributed by atoms with Crippen molar-refractivity contribution < 1.29 is 4.79 Å². The lowest BCUT2D eigenvalue weighted by Gasteiger charge is -2.11. The molecule has 0 bridgehead atoms. The second-order valence-corrected chi connectivity index (χ2v) is 7.16. The molecule has 2 aromatic heterocycles. The molecule has 0 spiro atoms. The fourth-order valence-electron chi connectivity index (χ4n) is 3.74. The molecule has 0 saturated heterocycles. The molecule has 0 saturated carbocycles. The predicted octanol–water partition coefficient (Wildman–Crippen LogP) is 4.11. The number of carbonyl (C=O) groups is 1. The zero-order valence-electron chi connectivity index (χ0n) is 17.2. The van der Waals surface area contributed by atoms with Crippen molar-refractivity contribution in [2.45, 2.75) is 39.7 Å². The van der Waals surface area contributed by atoms with Crippen LogP contribution in [0.4, 0.5) is 0 Å². The number of rotatable bonds is 8. The Bertz CT molecular complexity index is 1130. The van der Waals surface area contributed by atoms with Crippen LogP contribution in [0.15, 0.2) is 48.5 Å². The zero-order chi connectivity index (χ0) is 20.9. The minimum absolute atomic E-state index is 0.629. The SMILES string of the molecule is CCCc1nc(CC)c(C=O)n1Cc1ccc(-c2ccccc2-c2nnn[nH]2)cc1. The van der Waals surface area contributed by atoms with E-state index in [-0.39, 0.29) is 0 Å². The number of benzene rings is 2. The number of hydrogen-bond acceptors (Lipinski definition) is 5. The maximum atomic E-state index is 11.7. The molecule has 30 heavy (non-hydrogen) atoms. The molecule has 0 aliphatic carbocycles. The normalized spacial score (nSPS) is 11.0. The Morgan fingerprint density at radius 2 is 1.80 bits per heavy atom. The van der Waals surface area contributed by atoms with Crippen molar-refractivity contribution in [3.05, 3.63) is 71.3 Å². The first-order valence-electron chi connectivity index (χ1n) is 10.2. The first kappa shape index (κ1) is 19.7. The van der Waals surface area contributed by atoms with Crippen molar-refractivity contribution >= 4 is 6.29 Å².